The molecule has 35 heavy (non-hydrogen) atoms. The van der Waals surface area contributed by atoms with Gasteiger partial charge in [-0.2, -0.15) is 8.62 Å². The first kappa shape index (κ1) is 29.1. The van der Waals surface area contributed by atoms with E-state index in [1.807, 2.05) is 4.98 Å². The van der Waals surface area contributed by atoms with Gasteiger partial charge in [0.2, 0.25) is 0 Å². The van der Waals surface area contributed by atoms with E-state index >= 15 is 0 Å². The normalized spacial score (nSPS) is 23.4. The molecule has 194 valence electrons. The summed E-state index contributed by atoms with van der Waals surface area (Å²) in [6.07, 6.45) is -4.03. The molecule has 2 rings (SSSR count). The topological polar surface area (TPSA) is 308 Å². The second-order valence-electron chi connectivity index (χ2n) is 6.17. The lowest BCUT2D eigenvalue weighted by Gasteiger charge is -2.22. The number of azide groups is 1. The molecule has 7 N–H and O–H groups in total. The van der Waals surface area contributed by atoms with Gasteiger partial charge < -0.3 is 34.8 Å². The van der Waals surface area contributed by atoms with E-state index in [4.69, 9.17) is 30.5 Å². The standard InChI is InChI=1S/C12H17N6O14P3/c13-3-1-2-7-5-18(12(20)16-10(7)19)9-4-8(28-6-15-17-14)11(29-9)30-34(24,25)32-35(26,27)31-33(21,22)23/h5,8-9,11H,3-4,6,13H2,(H,24,25)(H,26,27)(H,16,19,20)(H2,21,22,23)/t8-,9-,11-/m0/s1. The summed E-state index contributed by atoms with van der Waals surface area (Å²) in [6, 6.07) is 0. The van der Waals surface area contributed by atoms with Crippen molar-refractivity contribution in [3.63, 3.8) is 0 Å². The number of H-pyrrole nitrogens is 1. The Bertz CT molecular complexity index is 1300. The third-order valence-electron chi connectivity index (χ3n) is 3.69. The molecule has 0 amide bonds. The van der Waals surface area contributed by atoms with Crippen LogP contribution in [0.15, 0.2) is 20.9 Å². The smallest absolute Gasteiger partial charge is 0.367 e. The molecule has 1 aromatic rings. The predicted molar refractivity (Wildman–Crippen MR) is 110 cm³/mol. The van der Waals surface area contributed by atoms with E-state index in [1.165, 1.54) is 0 Å². The Morgan fingerprint density at radius 2 is 1.94 bits per heavy atom. The average molecular weight is 562 g/mol. The van der Waals surface area contributed by atoms with Crippen LogP contribution in [0.2, 0.25) is 0 Å². The highest BCUT2D eigenvalue weighted by molar-refractivity contribution is 7.66. The number of hydrogen-bond donors (Lipinski definition) is 6. The zero-order chi connectivity index (χ0) is 26.4. The minimum Gasteiger partial charge on any atom is -0.367 e. The van der Waals surface area contributed by atoms with E-state index in [1.54, 1.807) is 0 Å². The number of hydrogen-bond acceptors (Lipinski definition) is 12. The number of aromatic amines is 1. The van der Waals surface area contributed by atoms with E-state index in [9.17, 15) is 33.1 Å². The van der Waals surface area contributed by atoms with Crippen LogP contribution in [0.3, 0.4) is 0 Å². The molecule has 5 atom stereocenters. The maximum Gasteiger partial charge on any atom is 0.490 e. The Kier molecular flexibility index (Phi) is 9.73. The zero-order valence-electron chi connectivity index (χ0n) is 17.0. The number of rotatable bonds is 10. The second-order valence-corrected chi connectivity index (χ2v) is 10.5. The van der Waals surface area contributed by atoms with Crippen LogP contribution in [0.5, 0.6) is 0 Å². The van der Waals surface area contributed by atoms with Crippen molar-refractivity contribution < 1.29 is 55.9 Å². The molecule has 2 unspecified atom stereocenters. The summed E-state index contributed by atoms with van der Waals surface area (Å²) in [7, 11) is -17.1. The van der Waals surface area contributed by atoms with Crippen molar-refractivity contribution in [3.8, 4) is 11.8 Å². The number of nitrogens with zero attached hydrogens (tertiary/aromatic N) is 4. The fourth-order valence-corrected chi connectivity index (χ4v) is 5.65. The number of phosphoric ester groups is 1. The molecule has 20 nitrogen and oxygen atoms in total. The summed E-state index contributed by atoms with van der Waals surface area (Å²) in [5.74, 6) is 4.82. The van der Waals surface area contributed by atoms with E-state index in [2.05, 4.69) is 35.0 Å². The monoisotopic (exact) mass is 562 g/mol. The van der Waals surface area contributed by atoms with Crippen molar-refractivity contribution in [2.45, 2.75) is 25.0 Å². The number of phosphoric acid groups is 3. The molecule has 1 saturated heterocycles. The van der Waals surface area contributed by atoms with E-state index in [0.717, 1.165) is 10.8 Å². The quantitative estimate of drug-likeness (QED) is 0.0661. The largest absolute Gasteiger partial charge is 0.490 e. The van der Waals surface area contributed by atoms with Gasteiger partial charge in [-0.15, -0.1) is 0 Å². The molecule has 1 aromatic heterocycles. The van der Waals surface area contributed by atoms with Crippen LogP contribution >= 0.6 is 23.5 Å². The lowest BCUT2D eigenvalue weighted by molar-refractivity contribution is -0.145. The lowest BCUT2D eigenvalue weighted by atomic mass is 10.2. The Morgan fingerprint density at radius 3 is 2.54 bits per heavy atom. The minimum absolute atomic E-state index is 0.101. The molecule has 1 fully saturated rings. The van der Waals surface area contributed by atoms with Crippen LogP contribution in [0.25, 0.3) is 10.4 Å². The number of nitrogens with two attached hydrogens (primary N) is 1. The van der Waals surface area contributed by atoms with Gasteiger partial charge in [-0.05, 0) is 5.53 Å². The first-order valence-corrected chi connectivity index (χ1v) is 13.3. The predicted octanol–water partition coefficient (Wildman–Crippen LogP) is -0.912. The first-order chi connectivity index (χ1) is 16.2. The summed E-state index contributed by atoms with van der Waals surface area (Å²) in [5, 5.41) is 3.09. The molecule has 23 heteroatoms. The van der Waals surface area contributed by atoms with Gasteiger partial charge in [0.05, 0.1) is 6.54 Å². The maximum absolute atomic E-state index is 12.2. The summed E-state index contributed by atoms with van der Waals surface area (Å²) in [4.78, 5) is 64.7. The molecular weight excluding hydrogens is 545 g/mol. The van der Waals surface area contributed by atoms with Gasteiger partial charge in [0.15, 0.2) is 6.29 Å². The Morgan fingerprint density at radius 1 is 1.26 bits per heavy atom. The van der Waals surface area contributed by atoms with Gasteiger partial charge in [-0.3, -0.25) is 18.9 Å². The van der Waals surface area contributed by atoms with Gasteiger partial charge in [0.25, 0.3) is 5.56 Å². The van der Waals surface area contributed by atoms with E-state index < -0.39 is 60.1 Å². The van der Waals surface area contributed by atoms with Crippen molar-refractivity contribution >= 4 is 23.5 Å². The van der Waals surface area contributed by atoms with Crippen molar-refractivity contribution in [1.82, 2.24) is 9.55 Å². The highest BCUT2D eigenvalue weighted by atomic mass is 31.3. The molecule has 0 saturated carbocycles. The second kappa shape index (κ2) is 11.7. The molecular formula is C12H17N6O14P3. The average Bonchev–Trinajstić information content (AvgIpc) is 3.06. The number of ether oxygens (including phenoxy) is 2. The van der Waals surface area contributed by atoms with Crippen LogP contribution in [0.1, 0.15) is 18.2 Å². The summed E-state index contributed by atoms with van der Waals surface area (Å²) in [6.45, 7) is -0.753. The molecule has 2 heterocycles. The Hall–Kier alpha value is -2.16. The third kappa shape index (κ3) is 9.09. The van der Waals surface area contributed by atoms with Gasteiger partial charge in [0.1, 0.15) is 24.6 Å². The first-order valence-electron chi connectivity index (χ1n) is 8.81. The molecule has 0 spiro atoms. The lowest BCUT2D eigenvalue weighted by Crippen LogP contribution is -2.33. The SMILES string of the molecule is [N-]=[N+]=NCO[C@H]1C[C@@H](n2cc(C#CCN)c(=O)[nH]c2=O)O[C@H]1OP(=O)(O)OP(=O)(O)OP(=O)(O)O. The fraction of sp³-hybridized carbons (Fsp3) is 0.500. The van der Waals surface area contributed by atoms with E-state index in [0.29, 0.717) is 0 Å². The zero-order valence-corrected chi connectivity index (χ0v) is 19.7. The number of nitrogens with one attached hydrogen (secondary N) is 1. The maximum atomic E-state index is 12.2. The van der Waals surface area contributed by atoms with Gasteiger partial charge in [-0.1, -0.05) is 17.0 Å². The van der Waals surface area contributed by atoms with Crippen LogP contribution in [0, 0.1) is 11.8 Å². The van der Waals surface area contributed by atoms with Crippen LogP contribution in [-0.2, 0) is 36.3 Å². The summed E-state index contributed by atoms with van der Waals surface area (Å²) in [5.41, 5.74) is 11.6. The molecule has 0 radical (unpaired) electrons. The highest BCUT2D eigenvalue weighted by Gasteiger charge is 2.47. The van der Waals surface area contributed by atoms with E-state index in [-0.39, 0.29) is 18.5 Å². The molecule has 1 aliphatic rings. The number of aromatic nitrogens is 2. The van der Waals surface area contributed by atoms with Crippen LogP contribution in [-0.4, -0.2) is 54.8 Å². The molecule has 1 aliphatic heterocycles. The van der Waals surface area contributed by atoms with Crippen molar-refractivity contribution in [2.24, 2.45) is 10.8 Å². The molecule has 0 aliphatic carbocycles. The van der Waals surface area contributed by atoms with Crippen LogP contribution < -0.4 is 17.0 Å². The van der Waals surface area contributed by atoms with Crippen molar-refractivity contribution in [1.29, 1.82) is 0 Å². The van der Waals surface area contributed by atoms with Crippen LogP contribution in [0.4, 0.5) is 0 Å². The minimum atomic E-state index is -5.83. The van der Waals surface area contributed by atoms with Crippen molar-refractivity contribution in [3.05, 3.63) is 43.0 Å². The fourth-order valence-electron chi connectivity index (χ4n) is 2.55. The van der Waals surface area contributed by atoms with Crippen molar-refractivity contribution in [2.75, 3.05) is 13.3 Å². The molecule has 0 aromatic carbocycles. The molecule has 0 bridgehead atoms. The highest BCUT2D eigenvalue weighted by Crippen LogP contribution is 2.67. The summed E-state index contributed by atoms with van der Waals surface area (Å²) < 4.78 is 57.6. The Labute approximate surface area is 193 Å². The van der Waals surface area contributed by atoms with Gasteiger partial charge in [-0.25, -0.2) is 18.5 Å². The Balaban J connectivity index is 2.32. The van der Waals surface area contributed by atoms with Gasteiger partial charge in [0, 0.05) is 17.5 Å². The third-order valence-corrected chi connectivity index (χ3v) is 7.50. The van der Waals surface area contributed by atoms with Gasteiger partial charge >= 0.3 is 29.2 Å². The summed E-state index contributed by atoms with van der Waals surface area (Å²) >= 11 is 0.